The highest BCUT2D eigenvalue weighted by Gasteiger charge is 2.27. The molecule has 0 aromatic heterocycles. The van der Waals surface area contributed by atoms with Gasteiger partial charge in [-0.15, -0.1) is 0 Å². The summed E-state index contributed by atoms with van der Waals surface area (Å²) in [4.78, 5) is 11.0. The van der Waals surface area contributed by atoms with E-state index < -0.39 is 12.0 Å². The normalized spacial score (nSPS) is 20.2. The lowest BCUT2D eigenvalue weighted by Crippen LogP contribution is -2.35. The molecule has 1 aliphatic heterocycles. The van der Waals surface area contributed by atoms with Gasteiger partial charge in [-0.1, -0.05) is 28.1 Å². The molecule has 2 rings (SSSR count). The van der Waals surface area contributed by atoms with Crippen molar-refractivity contribution in [1.82, 2.24) is 5.32 Å². The summed E-state index contributed by atoms with van der Waals surface area (Å²) in [5.41, 5.74) is 1.98. The highest BCUT2D eigenvalue weighted by Crippen LogP contribution is 2.30. The Morgan fingerprint density at radius 2 is 2.36 bits per heavy atom. The minimum atomic E-state index is -0.821. The minimum absolute atomic E-state index is 0.575. The molecule has 0 unspecified atom stereocenters. The number of benzene rings is 1. The van der Waals surface area contributed by atoms with Gasteiger partial charge >= 0.3 is 5.97 Å². The second-order valence-electron chi connectivity index (χ2n) is 3.29. The van der Waals surface area contributed by atoms with Crippen molar-refractivity contribution in [2.24, 2.45) is 0 Å². The van der Waals surface area contributed by atoms with E-state index in [1.807, 2.05) is 18.2 Å². The first-order valence-corrected chi connectivity index (χ1v) is 5.23. The van der Waals surface area contributed by atoms with Crippen LogP contribution in [0.15, 0.2) is 22.7 Å². The lowest BCUT2D eigenvalue weighted by molar-refractivity contribution is -0.139. The zero-order valence-corrected chi connectivity index (χ0v) is 9.04. The zero-order valence-electron chi connectivity index (χ0n) is 7.46. The van der Waals surface area contributed by atoms with Gasteiger partial charge in [0, 0.05) is 11.0 Å². The van der Waals surface area contributed by atoms with Gasteiger partial charge in [0.05, 0.1) is 0 Å². The van der Waals surface area contributed by atoms with Gasteiger partial charge in [0.2, 0.25) is 0 Å². The lowest BCUT2D eigenvalue weighted by Gasteiger charge is -2.24. The molecule has 3 nitrogen and oxygen atoms in total. The Labute approximate surface area is 90.3 Å². The standard InChI is InChI=1S/C10H10BrNO2/c11-7-3-1-2-6-4-5-12-9(8(6)7)10(13)14/h1-3,9,12H,4-5H2,(H,13,14)/t9-/m1/s1. The largest absolute Gasteiger partial charge is 0.480 e. The third kappa shape index (κ3) is 1.55. The fourth-order valence-electron chi connectivity index (χ4n) is 1.79. The summed E-state index contributed by atoms with van der Waals surface area (Å²) in [6.45, 7) is 0.723. The summed E-state index contributed by atoms with van der Waals surface area (Å²) in [7, 11) is 0. The van der Waals surface area contributed by atoms with Crippen molar-refractivity contribution < 1.29 is 9.90 Å². The Bertz CT molecular complexity index is 378. The van der Waals surface area contributed by atoms with Gasteiger partial charge in [-0.3, -0.25) is 4.79 Å². The third-order valence-electron chi connectivity index (χ3n) is 2.42. The van der Waals surface area contributed by atoms with Crippen LogP contribution in [0.3, 0.4) is 0 Å². The smallest absolute Gasteiger partial charge is 0.325 e. The molecule has 0 fully saturated rings. The summed E-state index contributed by atoms with van der Waals surface area (Å²) >= 11 is 3.39. The average Bonchev–Trinajstić information content (AvgIpc) is 2.17. The quantitative estimate of drug-likeness (QED) is 0.804. The van der Waals surface area contributed by atoms with E-state index in [0.717, 1.165) is 28.6 Å². The van der Waals surface area contributed by atoms with Gasteiger partial charge in [-0.05, 0) is 23.6 Å². The van der Waals surface area contributed by atoms with E-state index in [1.165, 1.54) is 0 Å². The molecule has 0 radical (unpaired) electrons. The monoisotopic (exact) mass is 255 g/mol. The molecule has 0 spiro atoms. The van der Waals surface area contributed by atoms with Crippen LogP contribution in [0.2, 0.25) is 0 Å². The van der Waals surface area contributed by atoms with Gasteiger partial charge in [0.1, 0.15) is 6.04 Å². The predicted molar refractivity (Wildman–Crippen MR) is 56.2 cm³/mol. The first kappa shape index (κ1) is 9.68. The molecule has 0 bridgehead atoms. The van der Waals surface area contributed by atoms with Crippen LogP contribution < -0.4 is 5.32 Å². The maximum absolute atomic E-state index is 11.0. The number of rotatable bonds is 1. The Balaban J connectivity index is 2.52. The highest BCUT2D eigenvalue weighted by molar-refractivity contribution is 9.10. The second kappa shape index (κ2) is 3.71. The van der Waals surface area contributed by atoms with Gasteiger partial charge in [0.15, 0.2) is 0 Å². The molecule has 1 aromatic rings. The van der Waals surface area contributed by atoms with Gasteiger partial charge in [0.25, 0.3) is 0 Å². The summed E-state index contributed by atoms with van der Waals surface area (Å²) in [6, 6.07) is 5.22. The summed E-state index contributed by atoms with van der Waals surface area (Å²) < 4.78 is 0.870. The van der Waals surface area contributed by atoms with Crippen molar-refractivity contribution in [2.75, 3.05) is 6.54 Å². The number of fused-ring (bicyclic) bond motifs is 1. The van der Waals surface area contributed by atoms with Gasteiger partial charge in [-0.2, -0.15) is 0 Å². The Morgan fingerprint density at radius 3 is 3.07 bits per heavy atom. The van der Waals surface area contributed by atoms with Crippen molar-refractivity contribution in [2.45, 2.75) is 12.5 Å². The van der Waals surface area contributed by atoms with Crippen LogP contribution in [-0.4, -0.2) is 17.6 Å². The van der Waals surface area contributed by atoms with E-state index in [-0.39, 0.29) is 0 Å². The number of carboxylic acids is 1. The number of nitrogens with one attached hydrogen (secondary N) is 1. The van der Waals surface area contributed by atoms with E-state index >= 15 is 0 Å². The van der Waals surface area contributed by atoms with Crippen LogP contribution in [0, 0.1) is 0 Å². The number of carboxylic acid groups (broad SMARTS) is 1. The number of hydrogen-bond acceptors (Lipinski definition) is 2. The SMILES string of the molecule is O=C(O)[C@@H]1NCCc2cccc(Br)c21. The molecular formula is C10H10BrNO2. The summed E-state index contributed by atoms with van der Waals surface area (Å²) in [5, 5.41) is 12.0. The molecule has 1 heterocycles. The maximum atomic E-state index is 11.0. The van der Waals surface area contributed by atoms with Crippen molar-refractivity contribution >= 4 is 21.9 Å². The number of halogens is 1. The molecule has 1 aliphatic rings. The van der Waals surface area contributed by atoms with E-state index in [9.17, 15) is 4.79 Å². The average molecular weight is 256 g/mol. The molecule has 2 N–H and O–H groups in total. The van der Waals surface area contributed by atoms with Crippen LogP contribution in [0.25, 0.3) is 0 Å². The van der Waals surface area contributed by atoms with E-state index in [2.05, 4.69) is 21.2 Å². The first-order valence-electron chi connectivity index (χ1n) is 4.43. The van der Waals surface area contributed by atoms with Crippen LogP contribution in [0.5, 0.6) is 0 Å². The van der Waals surface area contributed by atoms with E-state index in [4.69, 9.17) is 5.11 Å². The zero-order chi connectivity index (χ0) is 10.1. The van der Waals surface area contributed by atoms with Crippen molar-refractivity contribution in [3.05, 3.63) is 33.8 Å². The molecule has 0 amide bonds. The van der Waals surface area contributed by atoms with Gasteiger partial charge < -0.3 is 10.4 Å². The number of aliphatic carboxylic acids is 1. The predicted octanol–water partition coefficient (Wildman–Crippen LogP) is 1.72. The molecule has 1 atom stereocenters. The van der Waals surface area contributed by atoms with Crippen molar-refractivity contribution in [1.29, 1.82) is 0 Å². The first-order chi connectivity index (χ1) is 6.70. The second-order valence-corrected chi connectivity index (χ2v) is 4.14. The maximum Gasteiger partial charge on any atom is 0.325 e. The Morgan fingerprint density at radius 1 is 1.57 bits per heavy atom. The van der Waals surface area contributed by atoms with Crippen molar-refractivity contribution in [3.63, 3.8) is 0 Å². The molecule has 74 valence electrons. The highest BCUT2D eigenvalue weighted by atomic mass is 79.9. The van der Waals surface area contributed by atoms with E-state index in [1.54, 1.807) is 0 Å². The molecular weight excluding hydrogens is 246 g/mol. The molecule has 0 aliphatic carbocycles. The molecule has 0 saturated carbocycles. The molecule has 4 heteroatoms. The van der Waals surface area contributed by atoms with E-state index in [0.29, 0.717) is 0 Å². The minimum Gasteiger partial charge on any atom is -0.480 e. The molecule has 0 saturated heterocycles. The Hall–Kier alpha value is -0.870. The molecule has 1 aromatic carbocycles. The van der Waals surface area contributed by atoms with Gasteiger partial charge in [-0.25, -0.2) is 0 Å². The summed E-state index contributed by atoms with van der Waals surface area (Å²) in [6.07, 6.45) is 0.887. The molecule has 14 heavy (non-hydrogen) atoms. The lowest BCUT2D eigenvalue weighted by atomic mass is 9.94. The third-order valence-corrected chi connectivity index (χ3v) is 3.11. The summed E-state index contributed by atoms with van der Waals surface area (Å²) in [5.74, 6) is -0.821. The van der Waals surface area contributed by atoms with Crippen LogP contribution in [-0.2, 0) is 11.2 Å². The fraction of sp³-hybridized carbons (Fsp3) is 0.300. The topological polar surface area (TPSA) is 49.3 Å². The van der Waals surface area contributed by atoms with Crippen LogP contribution >= 0.6 is 15.9 Å². The Kier molecular flexibility index (Phi) is 2.56. The van der Waals surface area contributed by atoms with Crippen LogP contribution in [0.4, 0.5) is 0 Å². The number of hydrogen-bond donors (Lipinski definition) is 2. The number of carbonyl (C=O) groups is 1. The van der Waals surface area contributed by atoms with Crippen molar-refractivity contribution in [3.8, 4) is 0 Å². The fourth-order valence-corrected chi connectivity index (χ4v) is 2.42. The van der Waals surface area contributed by atoms with Crippen LogP contribution in [0.1, 0.15) is 17.2 Å².